The summed E-state index contributed by atoms with van der Waals surface area (Å²) in [5, 5.41) is 0.741. The number of nitrogens with zero attached hydrogens (tertiary/aromatic N) is 2. The zero-order chi connectivity index (χ0) is 17.3. The summed E-state index contributed by atoms with van der Waals surface area (Å²) in [7, 11) is 0. The number of aromatic nitrogens is 1. The predicted molar refractivity (Wildman–Crippen MR) is 97.8 cm³/mol. The third-order valence-electron chi connectivity index (χ3n) is 3.91. The van der Waals surface area contributed by atoms with Crippen LogP contribution in [0.2, 0.25) is 0 Å². The van der Waals surface area contributed by atoms with E-state index in [4.69, 9.17) is 4.42 Å². The van der Waals surface area contributed by atoms with Gasteiger partial charge >= 0.3 is 0 Å². The number of rotatable bonds is 4. The molecular formula is C19H20N2O2S. The van der Waals surface area contributed by atoms with Gasteiger partial charge in [0.15, 0.2) is 10.8 Å². The first-order valence-corrected chi connectivity index (χ1v) is 8.74. The molecule has 0 saturated carbocycles. The fourth-order valence-electron chi connectivity index (χ4n) is 2.66. The summed E-state index contributed by atoms with van der Waals surface area (Å²) < 4.78 is 5.63. The Morgan fingerprint density at radius 3 is 2.54 bits per heavy atom. The zero-order valence-corrected chi connectivity index (χ0v) is 15.1. The molecule has 0 fully saturated rings. The molecule has 0 bridgehead atoms. The van der Waals surface area contributed by atoms with Crippen LogP contribution in [0.25, 0.3) is 10.8 Å². The molecule has 5 heteroatoms. The second-order valence-electron chi connectivity index (χ2n) is 5.68. The summed E-state index contributed by atoms with van der Waals surface area (Å²) >= 11 is 1.38. The van der Waals surface area contributed by atoms with Crippen LogP contribution in [-0.2, 0) is 0 Å². The number of aryl methyl sites for hydroxylation is 3. The van der Waals surface area contributed by atoms with Crippen molar-refractivity contribution >= 4 is 22.9 Å². The third-order valence-corrected chi connectivity index (χ3v) is 5.07. The fraction of sp³-hybridized carbons (Fsp3) is 0.263. The van der Waals surface area contributed by atoms with E-state index >= 15 is 0 Å². The molecule has 0 unspecified atom stereocenters. The topological polar surface area (TPSA) is 46.3 Å². The maximum absolute atomic E-state index is 13.1. The van der Waals surface area contributed by atoms with Crippen LogP contribution in [0.15, 0.2) is 40.8 Å². The Labute approximate surface area is 145 Å². The van der Waals surface area contributed by atoms with E-state index in [9.17, 15) is 4.79 Å². The highest BCUT2D eigenvalue weighted by Gasteiger charge is 2.23. The second kappa shape index (κ2) is 6.61. The molecule has 24 heavy (non-hydrogen) atoms. The number of thiazole rings is 1. The van der Waals surface area contributed by atoms with Crippen LogP contribution < -0.4 is 4.90 Å². The Balaban J connectivity index is 1.97. The first-order chi connectivity index (χ1) is 11.5. The van der Waals surface area contributed by atoms with Gasteiger partial charge in [0, 0.05) is 12.2 Å². The number of para-hydroxylation sites is 1. The first-order valence-electron chi connectivity index (χ1n) is 7.93. The van der Waals surface area contributed by atoms with Crippen molar-refractivity contribution in [3.8, 4) is 10.8 Å². The summed E-state index contributed by atoms with van der Waals surface area (Å²) in [6, 6.07) is 11.7. The lowest BCUT2D eigenvalue weighted by molar-refractivity contribution is 0.0991. The normalized spacial score (nSPS) is 10.8. The van der Waals surface area contributed by atoms with E-state index in [1.807, 2.05) is 64.1 Å². The van der Waals surface area contributed by atoms with Crippen LogP contribution in [-0.4, -0.2) is 17.4 Å². The molecule has 0 radical (unpaired) electrons. The molecule has 124 valence electrons. The van der Waals surface area contributed by atoms with E-state index in [1.165, 1.54) is 11.3 Å². The monoisotopic (exact) mass is 340 g/mol. The van der Waals surface area contributed by atoms with Gasteiger partial charge in [0.2, 0.25) is 0 Å². The molecule has 0 aliphatic carbocycles. The molecule has 0 saturated heterocycles. The smallest absolute Gasteiger partial charge is 0.270 e. The number of amides is 1. The van der Waals surface area contributed by atoms with Crippen molar-refractivity contribution in [1.29, 1.82) is 0 Å². The molecule has 2 aromatic heterocycles. The largest absolute Gasteiger partial charge is 0.459 e. The molecule has 4 nitrogen and oxygen atoms in total. The van der Waals surface area contributed by atoms with Crippen molar-refractivity contribution < 1.29 is 9.21 Å². The lowest BCUT2D eigenvalue weighted by Crippen LogP contribution is -2.31. The van der Waals surface area contributed by atoms with Crippen molar-refractivity contribution in [3.63, 3.8) is 0 Å². The molecule has 0 spiro atoms. The molecule has 0 N–H and O–H groups in total. The number of benzene rings is 1. The fourth-order valence-corrected chi connectivity index (χ4v) is 3.64. The van der Waals surface area contributed by atoms with Crippen LogP contribution in [0.3, 0.4) is 0 Å². The van der Waals surface area contributed by atoms with Crippen LogP contribution in [0.1, 0.15) is 33.6 Å². The van der Waals surface area contributed by atoms with E-state index in [-0.39, 0.29) is 5.91 Å². The number of hydrogen-bond acceptors (Lipinski definition) is 4. The van der Waals surface area contributed by atoms with Crippen molar-refractivity contribution in [2.24, 2.45) is 0 Å². The van der Waals surface area contributed by atoms with Gasteiger partial charge in [-0.25, -0.2) is 4.98 Å². The highest BCUT2D eigenvalue weighted by Crippen LogP contribution is 2.31. The van der Waals surface area contributed by atoms with Crippen LogP contribution in [0, 0.1) is 20.8 Å². The zero-order valence-electron chi connectivity index (χ0n) is 14.3. The van der Waals surface area contributed by atoms with Gasteiger partial charge in [-0.2, -0.15) is 0 Å². The summed E-state index contributed by atoms with van der Waals surface area (Å²) in [5.41, 5.74) is 2.76. The second-order valence-corrected chi connectivity index (χ2v) is 6.68. The molecule has 0 aliphatic rings. The molecule has 0 aliphatic heterocycles. The van der Waals surface area contributed by atoms with Gasteiger partial charge in [-0.15, -0.1) is 11.3 Å². The van der Waals surface area contributed by atoms with Crippen molar-refractivity contribution in [1.82, 2.24) is 4.98 Å². The SMILES string of the molecule is CCN(C(=O)c1sc(-c2ccc(C)o2)nc1C)c1ccccc1C. The molecule has 0 atom stereocenters. The summed E-state index contributed by atoms with van der Waals surface area (Å²) in [6.07, 6.45) is 0. The first kappa shape index (κ1) is 16.5. The molecule has 2 heterocycles. The number of anilines is 1. The quantitative estimate of drug-likeness (QED) is 0.672. The van der Waals surface area contributed by atoms with Gasteiger partial charge < -0.3 is 9.32 Å². The standard InChI is InChI=1S/C19H20N2O2S/c1-5-21(15-9-7-6-8-12(15)2)19(22)17-14(4)20-18(24-17)16-11-10-13(3)23-16/h6-11H,5H2,1-4H3. The maximum atomic E-state index is 13.1. The maximum Gasteiger partial charge on any atom is 0.270 e. The molecule has 1 aromatic carbocycles. The van der Waals surface area contributed by atoms with Crippen LogP contribution in [0.5, 0.6) is 0 Å². The lowest BCUT2D eigenvalue weighted by Gasteiger charge is -2.22. The van der Waals surface area contributed by atoms with Crippen molar-refractivity contribution in [2.75, 3.05) is 11.4 Å². The van der Waals surface area contributed by atoms with E-state index in [2.05, 4.69) is 4.98 Å². The van der Waals surface area contributed by atoms with Gasteiger partial charge in [0.25, 0.3) is 5.91 Å². The molecule has 3 aromatic rings. The van der Waals surface area contributed by atoms with Gasteiger partial charge in [0.05, 0.1) is 5.69 Å². The van der Waals surface area contributed by atoms with Crippen molar-refractivity contribution in [2.45, 2.75) is 27.7 Å². The average Bonchev–Trinajstić information content (AvgIpc) is 3.15. The number of hydrogen-bond donors (Lipinski definition) is 0. The van der Waals surface area contributed by atoms with Gasteiger partial charge in [-0.05, 0) is 51.5 Å². The van der Waals surface area contributed by atoms with Gasteiger partial charge in [0.1, 0.15) is 10.6 Å². The average molecular weight is 340 g/mol. The number of carbonyl (C=O) groups excluding carboxylic acids is 1. The summed E-state index contributed by atoms with van der Waals surface area (Å²) in [6.45, 7) is 8.37. The van der Waals surface area contributed by atoms with Crippen molar-refractivity contribution in [3.05, 3.63) is 58.3 Å². The Kier molecular flexibility index (Phi) is 4.53. The number of carbonyl (C=O) groups is 1. The van der Waals surface area contributed by atoms with E-state index in [1.54, 1.807) is 4.90 Å². The number of furan rings is 1. The van der Waals surface area contributed by atoms with Crippen LogP contribution >= 0.6 is 11.3 Å². The van der Waals surface area contributed by atoms with Gasteiger partial charge in [-0.3, -0.25) is 4.79 Å². The highest BCUT2D eigenvalue weighted by atomic mass is 32.1. The molecular weight excluding hydrogens is 320 g/mol. The highest BCUT2D eigenvalue weighted by molar-refractivity contribution is 7.17. The molecule has 3 rings (SSSR count). The summed E-state index contributed by atoms with van der Waals surface area (Å²) in [4.78, 5) is 20.0. The van der Waals surface area contributed by atoms with Crippen LogP contribution in [0.4, 0.5) is 5.69 Å². The Morgan fingerprint density at radius 2 is 1.92 bits per heavy atom. The minimum absolute atomic E-state index is 0.0173. The van der Waals surface area contributed by atoms with E-state index < -0.39 is 0 Å². The Bertz CT molecular complexity index is 879. The van der Waals surface area contributed by atoms with Gasteiger partial charge in [-0.1, -0.05) is 18.2 Å². The van der Waals surface area contributed by atoms with E-state index in [0.29, 0.717) is 17.2 Å². The Hall–Kier alpha value is -2.40. The minimum atomic E-state index is -0.0173. The molecule has 1 amide bonds. The lowest BCUT2D eigenvalue weighted by atomic mass is 10.1. The minimum Gasteiger partial charge on any atom is -0.459 e. The third kappa shape index (κ3) is 2.99. The van der Waals surface area contributed by atoms with E-state index in [0.717, 1.165) is 27.7 Å². The Morgan fingerprint density at radius 1 is 1.17 bits per heavy atom. The predicted octanol–water partition coefficient (Wildman–Crippen LogP) is 5.00. The summed E-state index contributed by atoms with van der Waals surface area (Å²) in [5.74, 6) is 1.52.